The molecule has 0 radical (unpaired) electrons. The van der Waals surface area contributed by atoms with Gasteiger partial charge in [0.2, 0.25) is 15.9 Å². The number of carbonyl (C=O) groups is 1. The number of sulfonamides is 1. The first-order valence-corrected chi connectivity index (χ1v) is 9.30. The molecule has 5 nitrogen and oxygen atoms in total. The summed E-state index contributed by atoms with van der Waals surface area (Å²) in [6.45, 7) is 3.30. The summed E-state index contributed by atoms with van der Waals surface area (Å²) in [5.74, 6) is -0.694. The van der Waals surface area contributed by atoms with Crippen molar-refractivity contribution in [2.45, 2.75) is 13.8 Å². The van der Waals surface area contributed by atoms with Gasteiger partial charge in [0.25, 0.3) is 0 Å². The molecule has 25 heavy (non-hydrogen) atoms. The van der Waals surface area contributed by atoms with E-state index < -0.39 is 10.0 Å². The van der Waals surface area contributed by atoms with Gasteiger partial charge >= 0.3 is 0 Å². The molecule has 7 heteroatoms. The van der Waals surface area contributed by atoms with Crippen molar-refractivity contribution in [2.75, 3.05) is 15.8 Å². The Balaban J connectivity index is 2.03. The summed E-state index contributed by atoms with van der Waals surface area (Å²) in [6, 6.07) is 10.7. The Labute approximate surface area is 146 Å². The van der Waals surface area contributed by atoms with Gasteiger partial charge in [-0.15, -0.1) is 0 Å². The summed E-state index contributed by atoms with van der Waals surface area (Å²) >= 11 is 0. The van der Waals surface area contributed by atoms with Crippen LogP contribution in [0.15, 0.2) is 48.5 Å². The van der Waals surface area contributed by atoms with Gasteiger partial charge in [-0.2, -0.15) is 0 Å². The van der Waals surface area contributed by atoms with Crippen LogP contribution in [0.5, 0.6) is 0 Å². The van der Waals surface area contributed by atoms with Gasteiger partial charge in [-0.05, 0) is 61.4 Å². The van der Waals surface area contributed by atoms with E-state index in [4.69, 9.17) is 0 Å². The van der Waals surface area contributed by atoms with Crippen molar-refractivity contribution < 1.29 is 17.6 Å². The zero-order chi connectivity index (χ0) is 18.4. The van der Waals surface area contributed by atoms with E-state index in [1.54, 1.807) is 50.3 Å². The first kappa shape index (κ1) is 18.7. The number of hydrogen-bond donors (Lipinski definition) is 2. The summed E-state index contributed by atoms with van der Waals surface area (Å²) < 4.78 is 38.5. The maximum Gasteiger partial charge on any atom is 0.248 e. The maximum absolute atomic E-state index is 12.8. The molecular weight excluding hydrogens is 343 g/mol. The normalized spacial score (nSPS) is 11.5. The quantitative estimate of drug-likeness (QED) is 0.772. The van der Waals surface area contributed by atoms with Gasteiger partial charge in [0, 0.05) is 11.8 Å². The van der Waals surface area contributed by atoms with Crippen molar-refractivity contribution in [1.29, 1.82) is 0 Å². The second-order valence-electron chi connectivity index (χ2n) is 5.41. The van der Waals surface area contributed by atoms with Crippen LogP contribution in [0.1, 0.15) is 18.1 Å². The molecule has 0 heterocycles. The topological polar surface area (TPSA) is 75.3 Å². The minimum absolute atomic E-state index is 0.0148. The second-order valence-corrected chi connectivity index (χ2v) is 7.42. The molecule has 2 aromatic rings. The lowest BCUT2D eigenvalue weighted by molar-refractivity contribution is -0.111. The first-order valence-electron chi connectivity index (χ1n) is 7.65. The van der Waals surface area contributed by atoms with E-state index in [9.17, 15) is 17.6 Å². The maximum atomic E-state index is 12.8. The van der Waals surface area contributed by atoms with Crippen molar-refractivity contribution in [3.8, 4) is 0 Å². The third kappa shape index (κ3) is 5.72. The molecule has 1 amide bonds. The Morgan fingerprint density at radius 2 is 1.84 bits per heavy atom. The van der Waals surface area contributed by atoms with Crippen molar-refractivity contribution in [3.63, 3.8) is 0 Å². The highest BCUT2D eigenvalue weighted by atomic mass is 32.2. The van der Waals surface area contributed by atoms with Crippen molar-refractivity contribution in [3.05, 3.63) is 65.5 Å². The van der Waals surface area contributed by atoms with Gasteiger partial charge in [0.1, 0.15) is 5.82 Å². The Morgan fingerprint density at radius 1 is 1.16 bits per heavy atom. The van der Waals surface area contributed by atoms with Crippen LogP contribution in [-0.2, 0) is 14.8 Å². The van der Waals surface area contributed by atoms with Crippen molar-refractivity contribution in [2.24, 2.45) is 0 Å². The molecule has 0 atom stereocenters. The first-order chi connectivity index (χ1) is 11.8. The molecule has 0 unspecified atom stereocenters. The summed E-state index contributed by atoms with van der Waals surface area (Å²) in [4.78, 5) is 11.9. The molecule has 0 saturated heterocycles. The van der Waals surface area contributed by atoms with Crippen LogP contribution >= 0.6 is 0 Å². The monoisotopic (exact) mass is 362 g/mol. The average Bonchev–Trinajstić information content (AvgIpc) is 2.57. The van der Waals surface area contributed by atoms with E-state index in [1.807, 2.05) is 0 Å². The van der Waals surface area contributed by atoms with E-state index in [0.717, 1.165) is 0 Å². The van der Waals surface area contributed by atoms with E-state index in [-0.39, 0.29) is 17.5 Å². The number of amides is 1. The Kier molecular flexibility index (Phi) is 5.93. The minimum Gasteiger partial charge on any atom is -0.323 e. The zero-order valence-corrected chi connectivity index (χ0v) is 14.7. The smallest absolute Gasteiger partial charge is 0.248 e. The molecule has 0 aliphatic carbocycles. The van der Waals surface area contributed by atoms with Crippen LogP contribution in [0.25, 0.3) is 6.08 Å². The summed E-state index contributed by atoms with van der Waals surface area (Å²) in [7, 11) is -3.35. The van der Waals surface area contributed by atoms with Crippen LogP contribution in [0.3, 0.4) is 0 Å². The highest BCUT2D eigenvalue weighted by Gasteiger charge is 2.09. The lowest BCUT2D eigenvalue weighted by Gasteiger charge is -2.11. The highest BCUT2D eigenvalue weighted by molar-refractivity contribution is 7.92. The van der Waals surface area contributed by atoms with Crippen LogP contribution in [0.2, 0.25) is 0 Å². The number of aryl methyl sites for hydroxylation is 1. The fraction of sp³-hybridized carbons (Fsp3) is 0.167. The largest absolute Gasteiger partial charge is 0.323 e. The predicted octanol–water partition coefficient (Wildman–Crippen LogP) is 3.55. The number of hydrogen-bond acceptors (Lipinski definition) is 3. The fourth-order valence-electron chi connectivity index (χ4n) is 2.03. The van der Waals surface area contributed by atoms with E-state index in [1.165, 1.54) is 18.2 Å². The molecule has 0 saturated carbocycles. The Hall–Kier alpha value is -2.67. The number of carbonyl (C=O) groups excluding carboxylic acids is 1. The molecule has 0 bridgehead atoms. The van der Waals surface area contributed by atoms with Gasteiger partial charge in [-0.25, -0.2) is 12.8 Å². The van der Waals surface area contributed by atoms with E-state index >= 15 is 0 Å². The van der Waals surface area contributed by atoms with Gasteiger partial charge < -0.3 is 5.32 Å². The van der Waals surface area contributed by atoms with Gasteiger partial charge in [-0.3, -0.25) is 9.52 Å². The van der Waals surface area contributed by atoms with Gasteiger partial charge in [0.05, 0.1) is 11.4 Å². The Morgan fingerprint density at radius 3 is 2.44 bits per heavy atom. The molecule has 2 N–H and O–H groups in total. The molecule has 0 aromatic heterocycles. The van der Waals surface area contributed by atoms with Crippen LogP contribution in [0.4, 0.5) is 15.8 Å². The van der Waals surface area contributed by atoms with Crippen molar-refractivity contribution >= 4 is 33.4 Å². The third-order valence-electron chi connectivity index (χ3n) is 3.44. The van der Waals surface area contributed by atoms with Crippen LogP contribution in [0, 0.1) is 12.7 Å². The summed E-state index contributed by atoms with van der Waals surface area (Å²) in [5, 5.41) is 2.69. The molecule has 0 fully saturated rings. The predicted molar refractivity (Wildman–Crippen MR) is 98.3 cm³/mol. The lowest BCUT2D eigenvalue weighted by atomic mass is 10.2. The number of benzene rings is 2. The minimum atomic E-state index is -3.35. The average molecular weight is 362 g/mol. The van der Waals surface area contributed by atoms with Gasteiger partial charge in [0.15, 0.2) is 0 Å². The zero-order valence-electron chi connectivity index (χ0n) is 13.9. The van der Waals surface area contributed by atoms with Gasteiger partial charge in [-0.1, -0.05) is 12.1 Å². The molecule has 2 aromatic carbocycles. The third-order valence-corrected chi connectivity index (χ3v) is 4.73. The number of halogens is 1. The number of anilines is 2. The fourth-order valence-corrected chi connectivity index (χ4v) is 2.73. The second kappa shape index (κ2) is 7.94. The molecule has 0 aliphatic rings. The van der Waals surface area contributed by atoms with Crippen LogP contribution < -0.4 is 10.0 Å². The molecule has 0 aliphatic heterocycles. The van der Waals surface area contributed by atoms with E-state index in [2.05, 4.69) is 10.0 Å². The lowest BCUT2D eigenvalue weighted by Crippen LogP contribution is -2.15. The molecule has 2 rings (SSSR count). The summed E-state index contributed by atoms with van der Waals surface area (Å²) in [6.07, 6.45) is 2.92. The van der Waals surface area contributed by atoms with Crippen molar-refractivity contribution in [1.82, 2.24) is 0 Å². The molecular formula is C18H19FN2O3S. The number of rotatable bonds is 6. The van der Waals surface area contributed by atoms with Crippen LogP contribution in [-0.4, -0.2) is 20.1 Å². The summed E-state index contributed by atoms with van der Waals surface area (Å²) in [5.41, 5.74) is 2.42. The Bertz CT molecular complexity index is 891. The van der Waals surface area contributed by atoms with E-state index in [0.29, 0.717) is 22.5 Å². The standard InChI is InChI=1S/C18H19FN2O3S/c1-3-25(23,24)21-17-10-9-16(12-13(17)2)20-18(22)11-6-14-4-7-15(19)8-5-14/h4-12,21H,3H2,1-2H3,(H,20,22)/b11-6+. The SMILES string of the molecule is CCS(=O)(=O)Nc1ccc(NC(=O)/C=C/c2ccc(F)cc2)cc1C. The highest BCUT2D eigenvalue weighted by Crippen LogP contribution is 2.21. The molecule has 0 spiro atoms. The number of nitrogens with one attached hydrogen (secondary N) is 2. The molecule has 132 valence electrons.